The summed E-state index contributed by atoms with van der Waals surface area (Å²) in [5, 5.41) is 0. The third kappa shape index (κ3) is 1.50. The van der Waals surface area contributed by atoms with E-state index in [1.165, 1.54) is 6.20 Å². The van der Waals surface area contributed by atoms with Crippen molar-refractivity contribution in [1.29, 1.82) is 0 Å². The van der Waals surface area contributed by atoms with Gasteiger partial charge in [-0.1, -0.05) is 23.0 Å². The Morgan fingerprint density at radius 2 is 2.08 bits per heavy atom. The van der Waals surface area contributed by atoms with Crippen LogP contribution >= 0.6 is 0 Å². The Hall–Kier alpha value is -1.49. The van der Waals surface area contributed by atoms with Gasteiger partial charge < -0.3 is 0 Å². The summed E-state index contributed by atoms with van der Waals surface area (Å²) in [6.45, 7) is 0. The van der Waals surface area contributed by atoms with Gasteiger partial charge in [-0.15, -0.1) is 0 Å². The zero-order chi connectivity index (χ0) is 9.26. The van der Waals surface area contributed by atoms with E-state index in [0.29, 0.717) is 9.76 Å². The van der Waals surface area contributed by atoms with E-state index in [1.807, 2.05) is 12.1 Å². The molecule has 1 aliphatic heterocycles. The molecule has 0 bridgehead atoms. The molecule has 2 rings (SSSR count). The van der Waals surface area contributed by atoms with Crippen molar-refractivity contribution in [2.75, 3.05) is 0 Å². The van der Waals surface area contributed by atoms with Crippen LogP contribution in [0.2, 0.25) is 0 Å². The number of nitrogens with one attached hydrogen (secondary N) is 1. The second kappa shape index (κ2) is 3.10. The molecule has 1 aliphatic rings. The summed E-state index contributed by atoms with van der Waals surface area (Å²) in [5.41, 5.74) is 0.798. The van der Waals surface area contributed by atoms with Gasteiger partial charge in [0.2, 0.25) is 11.0 Å². The van der Waals surface area contributed by atoms with Crippen LogP contribution in [0.4, 0.5) is 0 Å². The molecule has 0 fully saturated rings. The molecular formula is C8H7N2O2S+. The lowest BCUT2D eigenvalue weighted by Gasteiger charge is -1.97. The quantitative estimate of drug-likeness (QED) is 0.627. The summed E-state index contributed by atoms with van der Waals surface area (Å²) in [7, 11) is -1.46. The van der Waals surface area contributed by atoms with Crippen molar-refractivity contribution in [3.63, 3.8) is 0 Å². The Kier molecular flexibility index (Phi) is 1.94. The molecule has 1 aromatic carbocycles. The van der Waals surface area contributed by atoms with Crippen molar-refractivity contribution in [2.45, 2.75) is 4.90 Å². The van der Waals surface area contributed by atoms with Crippen LogP contribution in [-0.4, -0.2) is 9.08 Å². The van der Waals surface area contributed by atoms with Gasteiger partial charge in [-0.05, 0) is 11.6 Å². The van der Waals surface area contributed by atoms with Crippen molar-refractivity contribution >= 4 is 17.1 Å². The summed E-state index contributed by atoms with van der Waals surface area (Å²) in [5.74, 6) is 0. The fourth-order valence-electron chi connectivity index (χ4n) is 1.10. The number of hydrazine groups is 1. The minimum atomic E-state index is -1.46. The highest BCUT2D eigenvalue weighted by atomic mass is 32.2. The van der Waals surface area contributed by atoms with E-state index in [1.54, 1.807) is 18.2 Å². The third-order valence-corrected chi connectivity index (χ3v) is 2.80. The molecule has 0 saturated carbocycles. The smallest absolute Gasteiger partial charge is 0.226 e. The normalized spacial score (nSPS) is 20.3. The van der Waals surface area contributed by atoms with E-state index in [4.69, 9.17) is 0 Å². The molecule has 1 unspecified atom stereocenters. The molecule has 0 radical (unpaired) electrons. The van der Waals surface area contributed by atoms with Crippen LogP contribution in [-0.2, 0) is 11.0 Å². The van der Waals surface area contributed by atoms with E-state index < -0.39 is 11.0 Å². The predicted molar refractivity (Wildman–Crippen MR) is 48.6 cm³/mol. The Bertz CT molecular complexity index is 414. The summed E-state index contributed by atoms with van der Waals surface area (Å²) in [4.78, 5) is 14.2. The van der Waals surface area contributed by atoms with Crippen LogP contribution in [0.25, 0.3) is 6.08 Å². The number of hydrogen-bond acceptors (Lipinski definition) is 2. The van der Waals surface area contributed by atoms with Crippen LogP contribution in [0, 0.1) is 4.91 Å². The molecule has 4 nitrogen and oxygen atoms in total. The third-order valence-electron chi connectivity index (χ3n) is 1.68. The lowest BCUT2D eigenvalue weighted by atomic mass is 10.2. The van der Waals surface area contributed by atoms with Gasteiger partial charge in [0.25, 0.3) is 6.20 Å². The molecule has 5 heteroatoms. The number of benzene rings is 1. The molecule has 1 heterocycles. The number of nitroso groups, excluding NO2 is 1. The zero-order valence-corrected chi connectivity index (χ0v) is 7.45. The fourth-order valence-corrected chi connectivity index (χ4v) is 1.97. The highest BCUT2D eigenvalue weighted by Crippen LogP contribution is 2.15. The van der Waals surface area contributed by atoms with Crippen LogP contribution in [0.15, 0.2) is 35.4 Å². The molecule has 0 aromatic heterocycles. The van der Waals surface area contributed by atoms with E-state index in [9.17, 15) is 9.12 Å². The monoisotopic (exact) mass is 195 g/mol. The number of nitrogens with zero attached hydrogens (tertiary/aromatic N) is 1. The molecule has 1 N–H and O–H groups in total. The molecule has 0 amide bonds. The summed E-state index contributed by atoms with van der Waals surface area (Å²) < 4.78 is 11.4. The standard InChI is InChI=1S/C8H7N2O2S/c11-10-6-5-7-3-1-2-4-8(7)13(12)9-10/h1-6H,(H,9,11)/q+1. The highest BCUT2D eigenvalue weighted by Gasteiger charge is 2.18. The molecule has 0 spiro atoms. The first-order valence-corrected chi connectivity index (χ1v) is 4.84. The second-order valence-electron chi connectivity index (χ2n) is 2.54. The molecular weight excluding hydrogens is 188 g/mol. The number of fused-ring (bicyclic) bond motifs is 1. The van der Waals surface area contributed by atoms with Gasteiger partial charge in [0, 0.05) is 6.08 Å². The first-order valence-electron chi connectivity index (χ1n) is 3.69. The van der Waals surface area contributed by atoms with Crippen LogP contribution in [0.5, 0.6) is 0 Å². The Morgan fingerprint density at radius 1 is 1.31 bits per heavy atom. The highest BCUT2D eigenvalue weighted by molar-refractivity contribution is 7.83. The van der Waals surface area contributed by atoms with Gasteiger partial charge in [0.05, 0.1) is 9.80 Å². The van der Waals surface area contributed by atoms with Gasteiger partial charge in [-0.2, -0.15) is 0 Å². The van der Waals surface area contributed by atoms with Crippen LogP contribution < -0.4 is 4.83 Å². The van der Waals surface area contributed by atoms with Crippen molar-refractivity contribution in [2.24, 2.45) is 0 Å². The molecule has 1 aromatic rings. The molecule has 0 saturated heterocycles. The van der Waals surface area contributed by atoms with Crippen molar-refractivity contribution in [3.8, 4) is 0 Å². The topological polar surface area (TPSA) is 49.2 Å². The summed E-state index contributed by atoms with van der Waals surface area (Å²) in [6, 6.07) is 7.15. The van der Waals surface area contributed by atoms with Gasteiger partial charge in [0.15, 0.2) is 4.87 Å². The number of hydrogen-bond donors (Lipinski definition) is 1. The molecule has 13 heavy (non-hydrogen) atoms. The van der Waals surface area contributed by atoms with E-state index in [-0.39, 0.29) is 0 Å². The predicted octanol–water partition coefficient (Wildman–Crippen LogP) is 0.977. The van der Waals surface area contributed by atoms with Crippen molar-refractivity contribution in [1.82, 2.24) is 4.83 Å². The fraction of sp³-hybridized carbons (Fsp3) is 0. The largest absolute Gasteiger partial charge is 0.258 e. The van der Waals surface area contributed by atoms with Gasteiger partial charge >= 0.3 is 0 Å². The van der Waals surface area contributed by atoms with Crippen LogP contribution in [0.1, 0.15) is 5.56 Å². The van der Waals surface area contributed by atoms with E-state index in [0.717, 1.165) is 5.56 Å². The van der Waals surface area contributed by atoms with Crippen molar-refractivity contribution < 1.29 is 9.08 Å². The lowest BCUT2D eigenvalue weighted by Crippen LogP contribution is -2.23. The lowest BCUT2D eigenvalue weighted by molar-refractivity contribution is -0.515. The average Bonchev–Trinajstić information content (AvgIpc) is 2.27. The first-order chi connectivity index (χ1) is 6.27. The van der Waals surface area contributed by atoms with Gasteiger partial charge in [0.1, 0.15) is 0 Å². The average molecular weight is 195 g/mol. The minimum Gasteiger partial charge on any atom is -0.226 e. The van der Waals surface area contributed by atoms with Gasteiger partial charge in [-0.25, -0.2) is 4.21 Å². The Morgan fingerprint density at radius 3 is 2.92 bits per heavy atom. The SMILES string of the molecule is O=[N+]1C=Cc2ccccc2S(=O)N1. The molecule has 0 aliphatic carbocycles. The Labute approximate surface area is 77.4 Å². The van der Waals surface area contributed by atoms with Crippen LogP contribution in [0.3, 0.4) is 0 Å². The summed E-state index contributed by atoms with van der Waals surface area (Å²) in [6.07, 6.45) is 2.92. The maximum atomic E-state index is 11.4. The van der Waals surface area contributed by atoms with E-state index in [2.05, 4.69) is 4.83 Å². The first kappa shape index (κ1) is 8.12. The van der Waals surface area contributed by atoms with Gasteiger partial charge in [-0.3, -0.25) is 0 Å². The second-order valence-corrected chi connectivity index (χ2v) is 3.70. The maximum Gasteiger partial charge on any atom is 0.258 e. The Balaban J connectivity index is 2.57. The maximum absolute atomic E-state index is 11.4. The number of rotatable bonds is 0. The minimum absolute atomic E-state index is 0.441. The molecule has 66 valence electrons. The summed E-state index contributed by atoms with van der Waals surface area (Å²) >= 11 is 0. The van der Waals surface area contributed by atoms with Crippen molar-refractivity contribution in [3.05, 3.63) is 40.9 Å². The zero-order valence-electron chi connectivity index (χ0n) is 6.64. The molecule has 1 atom stereocenters. The van der Waals surface area contributed by atoms with E-state index >= 15 is 0 Å².